The topological polar surface area (TPSA) is 197 Å². The number of hydrogen-bond donors (Lipinski definition) is 6. The van der Waals surface area contributed by atoms with Gasteiger partial charge in [-0.1, -0.05) is 91.0 Å². The average molecular weight is 619 g/mol. The van der Waals surface area contributed by atoms with Gasteiger partial charge in [-0.25, -0.2) is 4.79 Å². The third kappa shape index (κ3) is 12.5. The van der Waals surface area contributed by atoms with Gasteiger partial charge in [-0.05, 0) is 29.5 Å². The highest BCUT2D eigenvalue weighted by Crippen LogP contribution is 2.11. The third-order valence-corrected chi connectivity index (χ3v) is 6.91. The van der Waals surface area contributed by atoms with Crippen molar-refractivity contribution >= 4 is 29.8 Å². The molecule has 12 heteroatoms. The van der Waals surface area contributed by atoms with Gasteiger partial charge in [0.05, 0.1) is 18.6 Å². The molecule has 4 amide bonds. The van der Waals surface area contributed by atoms with E-state index >= 15 is 0 Å². The molecule has 0 aliphatic rings. The van der Waals surface area contributed by atoms with E-state index in [0.29, 0.717) is 0 Å². The molecule has 0 spiro atoms. The second-order valence-corrected chi connectivity index (χ2v) is 10.5. The lowest BCUT2D eigenvalue weighted by molar-refractivity contribution is -0.138. The van der Waals surface area contributed by atoms with Crippen LogP contribution >= 0.6 is 0 Å². The first-order valence-electron chi connectivity index (χ1n) is 14.4. The van der Waals surface area contributed by atoms with Crippen molar-refractivity contribution in [1.29, 1.82) is 0 Å². The van der Waals surface area contributed by atoms with Gasteiger partial charge in [0.15, 0.2) is 0 Å². The first-order chi connectivity index (χ1) is 21.6. The summed E-state index contributed by atoms with van der Waals surface area (Å²) in [6.45, 7) is -0.00174. The molecule has 0 aliphatic carbocycles. The van der Waals surface area contributed by atoms with Crippen molar-refractivity contribution in [3.8, 4) is 0 Å². The van der Waals surface area contributed by atoms with E-state index in [1.54, 1.807) is 78.9 Å². The van der Waals surface area contributed by atoms with Crippen LogP contribution in [0.2, 0.25) is 0 Å². The molecule has 3 aromatic rings. The molecule has 0 bridgehead atoms. The van der Waals surface area contributed by atoms with Crippen LogP contribution in [0.25, 0.3) is 0 Å². The van der Waals surface area contributed by atoms with E-state index in [1.807, 2.05) is 12.1 Å². The van der Waals surface area contributed by atoms with Gasteiger partial charge in [0, 0.05) is 12.8 Å². The molecular weight excluding hydrogens is 580 g/mol. The maximum atomic E-state index is 13.1. The summed E-state index contributed by atoms with van der Waals surface area (Å²) in [5.41, 5.74) is 7.77. The number of primary amides is 1. The normalized spacial score (nSPS) is 13.4. The number of nitrogens with one attached hydrogen (secondary N) is 3. The molecule has 0 unspecified atom stereocenters. The Morgan fingerprint density at radius 3 is 1.78 bits per heavy atom. The van der Waals surface area contributed by atoms with Crippen LogP contribution in [0, 0.1) is 0 Å². The summed E-state index contributed by atoms with van der Waals surface area (Å²) in [7, 11) is 0. The van der Waals surface area contributed by atoms with E-state index in [1.165, 1.54) is 0 Å². The number of rotatable bonds is 17. The van der Waals surface area contributed by atoms with E-state index in [-0.39, 0.29) is 25.9 Å². The summed E-state index contributed by atoms with van der Waals surface area (Å²) in [5, 5.41) is 27.8. The van der Waals surface area contributed by atoms with Crippen LogP contribution in [0.15, 0.2) is 91.0 Å². The highest BCUT2D eigenvalue weighted by Gasteiger charge is 2.29. The van der Waals surface area contributed by atoms with Crippen LogP contribution in [0.5, 0.6) is 0 Å². The number of carboxylic acid groups (broad SMARTS) is 1. The highest BCUT2D eigenvalue weighted by atomic mass is 16.5. The van der Waals surface area contributed by atoms with Gasteiger partial charge < -0.3 is 36.6 Å². The minimum Gasteiger partial charge on any atom is -0.481 e. The SMILES string of the molecule is NC(=O)[C@H](Cc1ccccc1)NC(=O)[C@H](CCC(=O)O)NC(=O)C[C@H](O)[C@H](Cc1ccccc1)NC(=O)OCc1ccccc1. The third-order valence-electron chi connectivity index (χ3n) is 6.91. The van der Waals surface area contributed by atoms with E-state index in [9.17, 15) is 34.2 Å². The van der Waals surface area contributed by atoms with Crippen molar-refractivity contribution in [2.45, 2.75) is 62.9 Å². The Morgan fingerprint density at radius 1 is 0.711 bits per heavy atom. The largest absolute Gasteiger partial charge is 0.481 e. The van der Waals surface area contributed by atoms with E-state index in [0.717, 1.165) is 16.7 Å². The first-order valence-corrected chi connectivity index (χ1v) is 14.4. The van der Waals surface area contributed by atoms with E-state index in [2.05, 4.69) is 16.0 Å². The smallest absolute Gasteiger partial charge is 0.407 e. The molecule has 0 saturated carbocycles. The molecule has 238 valence electrons. The lowest BCUT2D eigenvalue weighted by atomic mass is 9.98. The van der Waals surface area contributed by atoms with E-state index < -0.39 is 66.9 Å². The predicted molar refractivity (Wildman–Crippen MR) is 164 cm³/mol. The minimum absolute atomic E-state index is 0.00174. The molecule has 0 radical (unpaired) electrons. The zero-order valence-electron chi connectivity index (χ0n) is 24.6. The van der Waals surface area contributed by atoms with Gasteiger partial charge in [-0.3, -0.25) is 19.2 Å². The molecule has 0 aromatic heterocycles. The Morgan fingerprint density at radius 2 is 1.24 bits per heavy atom. The lowest BCUT2D eigenvalue weighted by Gasteiger charge is -2.25. The van der Waals surface area contributed by atoms with Crippen molar-refractivity contribution in [1.82, 2.24) is 16.0 Å². The Labute approximate surface area is 261 Å². The summed E-state index contributed by atoms with van der Waals surface area (Å²) in [6, 6.07) is 23.4. The number of alkyl carbamates (subject to hydrolysis) is 1. The van der Waals surface area contributed by atoms with Crippen LogP contribution in [0.4, 0.5) is 4.79 Å². The summed E-state index contributed by atoms with van der Waals surface area (Å²) in [4.78, 5) is 62.1. The first kappa shape index (κ1) is 34.3. The predicted octanol–water partition coefficient (Wildman–Crippen LogP) is 1.84. The highest BCUT2D eigenvalue weighted by molar-refractivity contribution is 5.92. The fraction of sp³-hybridized carbons (Fsp3) is 0.303. The van der Waals surface area contributed by atoms with Crippen molar-refractivity contribution in [3.05, 3.63) is 108 Å². The summed E-state index contributed by atoms with van der Waals surface area (Å²) < 4.78 is 5.29. The number of aliphatic carboxylic acids is 1. The molecule has 45 heavy (non-hydrogen) atoms. The molecule has 0 saturated heterocycles. The standard InChI is InChI=1S/C33H38N4O8/c34-31(42)27(19-23-12-6-2-7-13-23)36-32(43)25(16-17-30(40)41)35-29(39)20-28(38)26(18-22-10-4-1-5-11-22)37-33(44)45-21-24-14-8-3-9-15-24/h1-15,25-28,38H,16-21H2,(H2,34,42)(H,35,39)(H,36,43)(H,37,44)(H,40,41)/t25-,26-,27-,28-/m0/s1. The number of carbonyl (C=O) groups excluding carboxylic acids is 4. The summed E-state index contributed by atoms with van der Waals surface area (Å²) in [5.74, 6) is -3.58. The molecule has 3 aromatic carbocycles. The Kier molecular flexibility index (Phi) is 13.5. The minimum atomic E-state index is -1.41. The fourth-order valence-electron chi connectivity index (χ4n) is 4.53. The maximum Gasteiger partial charge on any atom is 0.407 e. The maximum absolute atomic E-state index is 13.1. The van der Waals surface area contributed by atoms with Crippen LogP contribution in [0.3, 0.4) is 0 Å². The van der Waals surface area contributed by atoms with Crippen molar-refractivity contribution in [3.63, 3.8) is 0 Å². The Hall–Kier alpha value is -5.23. The molecule has 3 rings (SSSR count). The van der Waals surface area contributed by atoms with Gasteiger partial charge in [0.2, 0.25) is 17.7 Å². The van der Waals surface area contributed by atoms with Gasteiger partial charge in [-0.2, -0.15) is 0 Å². The number of carbonyl (C=O) groups is 5. The average Bonchev–Trinajstić information content (AvgIpc) is 3.02. The number of aliphatic hydroxyl groups excluding tert-OH is 1. The van der Waals surface area contributed by atoms with Gasteiger partial charge in [0.25, 0.3) is 0 Å². The lowest BCUT2D eigenvalue weighted by Crippen LogP contribution is -2.54. The summed E-state index contributed by atoms with van der Waals surface area (Å²) >= 11 is 0. The number of benzene rings is 3. The number of carboxylic acids is 1. The second-order valence-electron chi connectivity index (χ2n) is 10.5. The van der Waals surface area contributed by atoms with Gasteiger partial charge >= 0.3 is 12.1 Å². The number of amides is 4. The molecule has 0 aliphatic heterocycles. The van der Waals surface area contributed by atoms with Crippen LogP contribution < -0.4 is 21.7 Å². The molecular formula is C33H38N4O8. The zero-order valence-corrected chi connectivity index (χ0v) is 24.6. The van der Waals surface area contributed by atoms with Crippen LogP contribution in [0.1, 0.15) is 36.0 Å². The fourth-order valence-corrected chi connectivity index (χ4v) is 4.53. The number of nitrogens with two attached hydrogens (primary N) is 1. The number of aliphatic hydroxyl groups is 1. The van der Waals surface area contributed by atoms with Crippen molar-refractivity contribution in [2.24, 2.45) is 5.73 Å². The molecule has 0 heterocycles. The molecule has 4 atom stereocenters. The molecule has 12 nitrogen and oxygen atoms in total. The molecule has 7 N–H and O–H groups in total. The second kappa shape index (κ2) is 17.8. The quantitative estimate of drug-likeness (QED) is 0.132. The van der Waals surface area contributed by atoms with Crippen molar-refractivity contribution in [2.75, 3.05) is 0 Å². The molecule has 0 fully saturated rings. The van der Waals surface area contributed by atoms with Crippen LogP contribution in [-0.4, -0.2) is 64.2 Å². The monoisotopic (exact) mass is 618 g/mol. The van der Waals surface area contributed by atoms with Gasteiger partial charge in [-0.15, -0.1) is 0 Å². The van der Waals surface area contributed by atoms with Crippen LogP contribution in [-0.2, 0) is 43.4 Å². The van der Waals surface area contributed by atoms with Crippen molar-refractivity contribution < 1.29 is 38.9 Å². The number of ether oxygens (including phenoxy) is 1. The Bertz CT molecular complexity index is 1410. The van der Waals surface area contributed by atoms with Gasteiger partial charge in [0.1, 0.15) is 18.7 Å². The Balaban J connectivity index is 1.67. The number of hydrogen-bond acceptors (Lipinski definition) is 7. The zero-order chi connectivity index (χ0) is 32.6. The summed E-state index contributed by atoms with van der Waals surface area (Å²) in [6.07, 6.45) is -3.21. The van der Waals surface area contributed by atoms with E-state index in [4.69, 9.17) is 10.5 Å².